The van der Waals surface area contributed by atoms with Crippen molar-refractivity contribution >= 4 is 17.9 Å². The highest BCUT2D eigenvalue weighted by Gasteiger charge is 2.26. The number of rotatable bonds is 34. The number of hydrogen-bond acceptors (Lipinski definition) is 4. The van der Waals surface area contributed by atoms with Crippen molar-refractivity contribution in [3.8, 4) is 0 Å². The zero-order valence-electron chi connectivity index (χ0n) is 27.8. The largest absolute Gasteiger partial charge is 0.550 e. The molecule has 0 aliphatic heterocycles. The van der Waals surface area contributed by atoms with E-state index in [0.29, 0.717) is 43.4 Å². The maximum Gasteiger partial charge on any atom is 0.303 e. The highest BCUT2D eigenvalue weighted by Crippen LogP contribution is 2.18. The van der Waals surface area contributed by atoms with Gasteiger partial charge in [-0.15, -0.1) is 0 Å². The van der Waals surface area contributed by atoms with Crippen molar-refractivity contribution in [2.24, 2.45) is 0 Å². The number of carboxylic acids is 3. The van der Waals surface area contributed by atoms with Gasteiger partial charge in [-0.2, -0.15) is 0 Å². The van der Waals surface area contributed by atoms with Crippen molar-refractivity contribution < 1.29 is 34.2 Å². The van der Waals surface area contributed by atoms with Gasteiger partial charge in [-0.05, 0) is 44.9 Å². The molecule has 0 aromatic carbocycles. The van der Waals surface area contributed by atoms with Crippen LogP contribution in [0, 0.1) is 0 Å². The predicted molar refractivity (Wildman–Crippen MR) is 175 cm³/mol. The average Bonchev–Trinajstić information content (AvgIpc) is 2.95. The zero-order chi connectivity index (χ0) is 31.9. The topological polar surface area (TPSA) is 115 Å². The molecule has 0 heterocycles. The van der Waals surface area contributed by atoms with Gasteiger partial charge in [0.25, 0.3) is 0 Å². The number of allylic oxidation sites excluding steroid dienone is 2. The number of carbonyl (C=O) groups excluding carboxylic acids is 1. The Bertz CT molecular complexity index is 658. The molecule has 252 valence electrons. The molecule has 0 atom stereocenters. The second-order valence-electron chi connectivity index (χ2n) is 12.8. The van der Waals surface area contributed by atoms with Crippen LogP contribution in [0.5, 0.6) is 0 Å². The first-order valence-corrected chi connectivity index (χ1v) is 17.9. The van der Waals surface area contributed by atoms with Gasteiger partial charge >= 0.3 is 11.9 Å². The minimum atomic E-state index is -1.08. The third kappa shape index (κ3) is 29.9. The van der Waals surface area contributed by atoms with Crippen LogP contribution in [0.25, 0.3) is 0 Å². The van der Waals surface area contributed by atoms with Crippen LogP contribution in [-0.2, 0) is 14.4 Å². The van der Waals surface area contributed by atoms with Crippen molar-refractivity contribution in [1.82, 2.24) is 0 Å². The first-order chi connectivity index (χ1) is 20.8. The molecule has 0 aliphatic rings. The van der Waals surface area contributed by atoms with Crippen LogP contribution in [0.15, 0.2) is 12.2 Å². The van der Waals surface area contributed by atoms with Crippen LogP contribution in [0.1, 0.15) is 174 Å². The molecule has 7 nitrogen and oxygen atoms in total. The van der Waals surface area contributed by atoms with E-state index < -0.39 is 17.9 Å². The third-order valence-electron chi connectivity index (χ3n) is 8.70. The molecule has 0 radical (unpaired) electrons. The Labute approximate surface area is 264 Å². The summed E-state index contributed by atoms with van der Waals surface area (Å²) in [5, 5.41) is 29.2. The number of carboxylic acid groups (broad SMARTS) is 3. The summed E-state index contributed by atoms with van der Waals surface area (Å²) in [5.74, 6) is -2.75. The second kappa shape index (κ2) is 30.1. The lowest BCUT2D eigenvalue weighted by atomic mass is 10.0. The molecule has 0 saturated heterocycles. The maximum absolute atomic E-state index is 11.1. The standard InChI is InChI=1S/C36H67NO6/c1-2-3-4-5-6-7-8-9-10-11-12-13-14-15-16-17-18-19-20-21-22-23-30-37(31-24-27-34(38)39,32-25-28-35(40)41)33-26-29-36(42)43/h16-17H,2-15,18-33H2,1H3,(H2-,38,39,40,41,42,43)/b17-16+. The molecule has 43 heavy (non-hydrogen) atoms. The summed E-state index contributed by atoms with van der Waals surface area (Å²) >= 11 is 0. The van der Waals surface area contributed by atoms with E-state index in [4.69, 9.17) is 10.2 Å². The highest BCUT2D eigenvalue weighted by atomic mass is 16.4. The molecule has 0 saturated carbocycles. The number of aliphatic carboxylic acids is 3. The minimum absolute atomic E-state index is 0.0231. The highest BCUT2D eigenvalue weighted by molar-refractivity contribution is 5.66. The lowest BCUT2D eigenvalue weighted by Crippen LogP contribution is -2.51. The number of nitrogens with zero attached hydrogens (tertiary/aromatic N) is 1. The van der Waals surface area contributed by atoms with E-state index in [1.54, 1.807) is 0 Å². The summed E-state index contributed by atoms with van der Waals surface area (Å²) in [6.45, 7) is 5.02. The van der Waals surface area contributed by atoms with E-state index in [2.05, 4.69) is 19.1 Å². The van der Waals surface area contributed by atoms with Crippen LogP contribution in [0.3, 0.4) is 0 Å². The Morgan fingerprint density at radius 3 is 1.19 bits per heavy atom. The Kier molecular flexibility index (Phi) is 28.8. The number of hydrogen-bond donors (Lipinski definition) is 2. The van der Waals surface area contributed by atoms with Gasteiger partial charge in [0.1, 0.15) is 0 Å². The summed E-state index contributed by atoms with van der Waals surface area (Å²) in [6.07, 6.45) is 32.3. The van der Waals surface area contributed by atoms with E-state index in [1.165, 1.54) is 103 Å². The second-order valence-corrected chi connectivity index (χ2v) is 12.8. The Morgan fingerprint density at radius 1 is 0.488 bits per heavy atom. The van der Waals surface area contributed by atoms with Gasteiger partial charge in [0.15, 0.2) is 0 Å². The molecule has 0 spiro atoms. The summed E-state index contributed by atoms with van der Waals surface area (Å²) < 4.78 is 0.607. The fraction of sp³-hybridized carbons (Fsp3) is 0.861. The quantitative estimate of drug-likeness (QED) is 0.0430. The van der Waals surface area contributed by atoms with Crippen LogP contribution in [0.4, 0.5) is 0 Å². The van der Waals surface area contributed by atoms with E-state index >= 15 is 0 Å². The Hall–Kier alpha value is -1.89. The maximum atomic E-state index is 11.1. The Balaban J connectivity index is 4.03. The summed E-state index contributed by atoms with van der Waals surface area (Å²) in [4.78, 5) is 33.1. The van der Waals surface area contributed by atoms with Gasteiger partial charge in [0.2, 0.25) is 0 Å². The Morgan fingerprint density at radius 2 is 0.814 bits per heavy atom. The molecule has 0 amide bonds. The van der Waals surface area contributed by atoms with Gasteiger partial charge < -0.3 is 24.6 Å². The molecule has 0 unspecified atom stereocenters. The van der Waals surface area contributed by atoms with Gasteiger partial charge in [-0.25, -0.2) is 0 Å². The lowest BCUT2D eigenvalue weighted by molar-refractivity contribution is -0.929. The van der Waals surface area contributed by atoms with Gasteiger partial charge in [-0.3, -0.25) is 9.59 Å². The van der Waals surface area contributed by atoms with Gasteiger partial charge in [0, 0.05) is 25.2 Å². The summed E-state index contributed by atoms with van der Waals surface area (Å²) in [7, 11) is 0. The molecule has 0 aliphatic carbocycles. The molecule has 0 aromatic heterocycles. The van der Waals surface area contributed by atoms with E-state index in [9.17, 15) is 19.5 Å². The summed E-state index contributed by atoms with van der Waals surface area (Å²) in [5.41, 5.74) is 0. The van der Waals surface area contributed by atoms with Crippen LogP contribution < -0.4 is 5.11 Å². The normalized spacial score (nSPS) is 11.8. The van der Waals surface area contributed by atoms with Crippen molar-refractivity contribution in [1.29, 1.82) is 0 Å². The van der Waals surface area contributed by atoms with E-state index in [-0.39, 0.29) is 19.3 Å². The minimum Gasteiger partial charge on any atom is -0.550 e. The molecule has 0 bridgehead atoms. The molecule has 0 rings (SSSR count). The smallest absolute Gasteiger partial charge is 0.303 e. The predicted octanol–water partition coefficient (Wildman–Crippen LogP) is 8.44. The van der Waals surface area contributed by atoms with Crippen molar-refractivity contribution in [2.45, 2.75) is 174 Å². The van der Waals surface area contributed by atoms with Crippen LogP contribution in [-0.4, -0.2) is 58.8 Å². The molecule has 7 heteroatoms. The lowest BCUT2D eigenvalue weighted by Gasteiger charge is -2.39. The van der Waals surface area contributed by atoms with Crippen LogP contribution in [0.2, 0.25) is 0 Å². The van der Waals surface area contributed by atoms with Gasteiger partial charge in [-0.1, -0.05) is 109 Å². The molecular weight excluding hydrogens is 542 g/mol. The molecular formula is C36H67NO6. The summed E-state index contributed by atoms with van der Waals surface area (Å²) in [6, 6.07) is 0. The number of unbranched alkanes of at least 4 members (excludes halogenated alkanes) is 18. The monoisotopic (exact) mass is 609 g/mol. The average molecular weight is 610 g/mol. The first-order valence-electron chi connectivity index (χ1n) is 17.9. The molecule has 2 N–H and O–H groups in total. The van der Waals surface area contributed by atoms with Crippen molar-refractivity contribution in [3.63, 3.8) is 0 Å². The van der Waals surface area contributed by atoms with Crippen molar-refractivity contribution in [3.05, 3.63) is 12.2 Å². The first kappa shape index (κ1) is 41.1. The van der Waals surface area contributed by atoms with E-state index in [0.717, 1.165) is 32.2 Å². The van der Waals surface area contributed by atoms with E-state index in [1.807, 2.05) is 0 Å². The molecule has 0 aromatic rings. The molecule has 0 fully saturated rings. The fourth-order valence-corrected chi connectivity index (χ4v) is 6.12. The zero-order valence-corrected chi connectivity index (χ0v) is 27.8. The third-order valence-corrected chi connectivity index (χ3v) is 8.70. The van der Waals surface area contributed by atoms with Gasteiger partial charge in [0.05, 0.1) is 39.0 Å². The fourth-order valence-electron chi connectivity index (χ4n) is 6.12. The number of carbonyl (C=O) groups is 3. The SMILES string of the molecule is CCCCCCCCCCCCCCC/C=C/CCCCCCC[N+](CCCC(=O)[O-])(CCCC(=O)O)CCCC(=O)O. The van der Waals surface area contributed by atoms with Crippen LogP contribution >= 0.6 is 0 Å². The number of quaternary nitrogens is 1. The van der Waals surface area contributed by atoms with Crippen molar-refractivity contribution in [2.75, 3.05) is 26.2 Å².